The van der Waals surface area contributed by atoms with Crippen LogP contribution >= 0.6 is 11.3 Å². The standard InChI is InChI=1S/C34H36N2O6S/c1-4-7-8-20-42-25-13-9-22(10-14-25)30-29(31(37)23-11-15-24(16-12-23)41-19-5-2)32(38)33(39)36(30)34-35-27-18-17-26(40-6-3)21-28(27)43-34/h9-18,21,30,37H,4-8,19-20H2,1-3H3/b31-29+. The molecule has 0 radical (unpaired) electrons. The van der Waals surface area contributed by atoms with Crippen LogP contribution in [0, 0.1) is 0 Å². The summed E-state index contributed by atoms with van der Waals surface area (Å²) < 4.78 is 18.0. The van der Waals surface area contributed by atoms with Crippen LogP contribution in [-0.2, 0) is 9.59 Å². The van der Waals surface area contributed by atoms with Gasteiger partial charge in [0.25, 0.3) is 5.78 Å². The summed E-state index contributed by atoms with van der Waals surface area (Å²) in [6.45, 7) is 7.78. The number of aromatic nitrogens is 1. The molecule has 1 N–H and O–H groups in total. The van der Waals surface area contributed by atoms with Crippen molar-refractivity contribution >= 4 is 44.1 Å². The quantitative estimate of drug-likeness (QED) is 0.0727. The maximum Gasteiger partial charge on any atom is 0.301 e. The lowest BCUT2D eigenvalue weighted by molar-refractivity contribution is -0.132. The zero-order chi connectivity index (χ0) is 30.3. The molecule has 1 unspecified atom stereocenters. The minimum Gasteiger partial charge on any atom is -0.507 e. The monoisotopic (exact) mass is 600 g/mol. The molecule has 1 fully saturated rings. The van der Waals surface area contributed by atoms with Crippen molar-refractivity contribution in [3.63, 3.8) is 0 Å². The van der Waals surface area contributed by atoms with Crippen LogP contribution in [0.5, 0.6) is 17.2 Å². The summed E-state index contributed by atoms with van der Waals surface area (Å²) in [5, 5.41) is 11.9. The molecule has 4 aromatic rings. The van der Waals surface area contributed by atoms with Gasteiger partial charge in [-0.05, 0) is 79.9 Å². The third kappa shape index (κ3) is 6.51. The molecule has 5 rings (SSSR count). The molecule has 1 aliphatic heterocycles. The normalized spacial score (nSPS) is 16.2. The molecule has 0 bridgehead atoms. The van der Waals surface area contributed by atoms with Crippen LogP contribution in [0.15, 0.2) is 72.3 Å². The number of anilines is 1. The molecule has 1 aromatic heterocycles. The van der Waals surface area contributed by atoms with Gasteiger partial charge in [0.1, 0.15) is 23.0 Å². The van der Waals surface area contributed by atoms with Crippen molar-refractivity contribution in [3.8, 4) is 17.2 Å². The van der Waals surface area contributed by atoms with Gasteiger partial charge in [-0.15, -0.1) is 0 Å². The fraction of sp³-hybridized carbons (Fsp3) is 0.324. The predicted molar refractivity (Wildman–Crippen MR) is 169 cm³/mol. The van der Waals surface area contributed by atoms with Crippen molar-refractivity contribution in [3.05, 3.63) is 83.4 Å². The first-order chi connectivity index (χ1) is 20.9. The Morgan fingerprint density at radius 1 is 0.837 bits per heavy atom. The first-order valence-corrected chi connectivity index (χ1v) is 15.6. The Balaban J connectivity index is 1.56. The van der Waals surface area contributed by atoms with Gasteiger partial charge >= 0.3 is 5.91 Å². The number of aliphatic hydroxyl groups excluding tert-OH is 1. The number of unbranched alkanes of at least 4 members (excludes halogenated alkanes) is 2. The number of benzene rings is 3. The number of aliphatic hydroxyl groups is 1. The molecule has 8 nitrogen and oxygen atoms in total. The lowest BCUT2D eigenvalue weighted by atomic mass is 9.95. The molecule has 1 atom stereocenters. The van der Waals surface area contributed by atoms with Gasteiger partial charge in [0.2, 0.25) is 0 Å². The van der Waals surface area contributed by atoms with E-state index in [0.717, 1.165) is 30.4 Å². The van der Waals surface area contributed by atoms with Gasteiger partial charge in [-0.3, -0.25) is 14.5 Å². The molecule has 1 aliphatic rings. The summed E-state index contributed by atoms with van der Waals surface area (Å²) in [7, 11) is 0. The Bertz CT molecular complexity index is 1610. The highest BCUT2D eigenvalue weighted by Gasteiger charge is 2.48. The Morgan fingerprint density at radius 2 is 1.51 bits per heavy atom. The maximum absolute atomic E-state index is 13.7. The van der Waals surface area contributed by atoms with Crippen LogP contribution in [0.2, 0.25) is 0 Å². The second-order valence-corrected chi connectivity index (χ2v) is 11.2. The lowest BCUT2D eigenvalue weighted by Gasteiger charge is -2.23. The molecule has 3 aromatic carbocycles. The summed E-state index contributed by atoms with van der Waals surface area (Å²) in [5.74, 6) is 0.271. The van der Waals surface area contributed by atoms with Crippen molar-refractivity contribution in [1.82, 2.24) is 4.98 Å². The minimum atomic E-state index is -0.892. The number of ether oxygens (including phenoxy) is 3. The lowest BCUT2D eigenvalue weighted by Crippen LogP contribution is -2.29. The van der Waals surface area contributed by atoms with E-state index in [4.69, 9.17) is 19.2 Å². The van der Waals surface area contributed by atoms with Gasteiger partial charge in [-0.1, -0.05) is 50.2 Å². The average molecular weight is 601 g/mol. The molecule has 224 valence electrons. The predicted octanol–water partition coefficient (Wildman–Crippen LogP) is 7.68. The number of carbonyl (C=O) groups excluding carboxylic acids is 2. The second-order valence-electron chi connectivity index (χ2n) is 10.2. The summed E-state index contributed by atoms with van der Waals surface area (Å²) in [6.07, 6.45) is 4.02. The molecule has 0 spiro atoms. The number of nitrogens with zero attached hydrogens (tertiary/aromatic N) is 2. The summed E-state index contributed by atoms with van der Waals surface area (Å²) in [6, 6.07) is 18.8. The zero-order valence-corrected chi connectivity index (χ0v) is 25.5. The third-order valence-electron chi connectivity index (χ3n) is 7.12. The first kappa shape index (κ1) is 30.1. The minimum absolute atomic E-state index is 0.00176. The van der Waals surface area contributed by atoms with Crippen LogP contribution in [0.3, 0.4) is 0 Å². The van der Waals surface area contributed by atoms with E-state index in [9.17, 15) is 14.7 Å². The number of hydrogen-bond acceptors (Lipinski definition) is 8. The van der Waals surface area contributed by atoms with E-state index in [1.165, 1.54) is 16.2 Å². The van der Waals surface area contributed by atoms with Gasteiger partial charge in [-0.25, -0.2) is 4.98 Å². The van der Waals surface area contributed by atoms with Crippen LogP contribution < -0.4 is 19.1 Å². The van der Waals surface area contributed by atoms with E-state index >= 15 is 0 Å². The Labute approximate surface area is 255 Å². The van der Waals surface area contributed by atoms with Crippen LogP contribution in [0.4, 0.5) is 5.13 Å². The molecular weight excluding hydrogens is 564 g/mol. The van der Waals surface area contributed by atoms with Crippen molar-refractivity contribution in [2.75, 3.05) is 24.7 Å². The smallest absolute Gasteiger partial charge is 0.301 e. The fourth-order valence-corrected chi connectivity index (χ4v) is 5.99. The van der Waals surface area contributed by atoms with E-state index in [1.54, 1.807) is 24.3 Å². The highest BCUT2D eigenvalue weighted by atomic mass is 32.1. The first-order valence-electron chi connectivity index (χ1n) is 14.8. The summed E-state index contributed by atoms with van der Waals surface area (Å²) in [4.78, 5) is 33.4. The number of hydrogen-bond donors (Lipinski definition) is 1. The molecule has 1 amide bonds. The second kappa shape index (κ2) is 13.7. The van der Waals surface area contributed by atoms with Crippen molar-refractivity contribution < 1.29 is 28.9 Å². The molecule has 0 saturated carbocycles. The number of Topliss-reactive ketones (excluding diaryl/α,β-unsaturated/α-hetero) is 1. The van der Waals surface area contributed by atoms with E-state index < -0.39 is 17.7 Å². The number of amides is 1. The molecule has 1 saturated heterocycles. The number of rotatable bonds is 13. The number of carbonyl (C=O) groups is 2. The zero-order valence-electron chi connectivity index (χ0n) is 24.7. The van der Waals surface area contributed by atoms with Crippen LogP contribution in [0.25, 0.3) is 16.0 Å². The van der Waals surface area contributed by atoms with Gasteiger partial charge in [-0.2, -0.15) is 0 Å². The SMILES string of the molecule is CCCCCOc1ccc(C2/C(=C(\O)c3ccc(OCCC)cc3)C(=O)C(=O)N2c2nc3ccc(OCC)cc3s2)cc1. The summed E-state index contributed by atoms with van der Waals surface area (Å²) >= 11 is 1.29. The fourth-order valence-electron chi connectivity index (χ4n) is 4.97. The maximum atomic E-state index is 13.7. The molecule has 43 heavy (non-hydrogen) atoms. The van der Waals surface area contributed by atoms with E-state index in [0.29, 0.717) is 58.8 Å². The molecule has 2 heterocycles. The highest BCUT2D eigenvalue weighted by molar-refractivity contribution is 7.22. The Kier molecular flexibility index (Phi) is 9.61. The topological polar surface area (TPSA) is 98.2 Å². The third-order valence-corrected chi connectivity index (χ3v) is 8.14. The molecule has 9 heteroatoms. The van der Waals surface area contributed by atoms with Crippen LogP contribution in [-0.4, -0.2) is 41.6 Å². The van der Waals surface area contributed by atoms with Gasteiger partial charge in [0, 0.05) is 5.56 Å². The van der Waals surface area contributed by atoms with Gasteiger partial charge in [0.15, 0.2) is 5.13 Å². The van der Waals surface area contributed by atoms with E-state index in [2.05, 4.69) is 6.92 Å². The van der Waals surface area contributed by atoms with E-state index in [1.807, 2.05) is 56.3 Å². The highest BCUT2D eigenvalue weighted by Crippen LogP contribution is 2.45. The van der Waals surface area contributed by atoms with Gasteiger partial charge in [0.05, 0.1) is 41.7 Å². The molecular formula is C34H36N2O6S. The van der Waals surface area contributed by atoms with Crippen molar-refractivity contribution in [2.45, 2.75) is 52.5 Å². The van der Waals surface area contributed by atoms with Crippen molar-refractivity contribution in [1.29, 1.82) is 0 Å². The Hall–Kier alpha value is -4.37. The summed E-state index contributed by atoms with van der Waals surface area (Å²) in [5.41, 5.74) is 1.74. The van der Waals surface area contributed by atoms with Gasteiger partial charge < -0.3 is 19.3 Å². The molecule has 0 aliphatic carbocycles. The van der Waals surface area contributed by atoms with E-state index in [-0.39, 0.29) is 11.3 Å². The van der Waals surface area contributed by atoms with Crippen molar-refractivity contribution in [2.24, 2.45) is 0 Å². The van der Waals surface area contributed by atoms with Crippen LogP contribution in [0.1, 0.15) is 63.6 Å². The largest absolute Gasteiger partial charge is 0.507 e. The number of thiazole rings is 1. The Morgan fingerprint density at radius 3 is 2.19 bits per heavy atom. The average Bonchev–Trinajstić information content (AvgIpc) is 3.56. The number of ketones is 1. The number of fused-ring (bicyclic) bond motifs is 1.